The van der Waals surface area contributed by atoms with Gasteiger partial charge in [0.15, 0.2) is 6.10 Å². The predicted molar refractivity (Wildman–Crippen MR) is 270 cm³/mol. The van der Waals surface area contributed by atoms with Crippen LogP contribution in [0.3, 0.4) is 0 Å². The van der Waals surface area contributed by atoms with Crippen LogP contribution in [0.5, 0.6) is 0 Å². The van der Waals surface area contributed by atoms with Gasteiger partial charge in [-0.3, -0.25) is 14.4 Å². The van der Waals surface area contributed by atoms with E-state index in [0.717, 1.165) is 63.7 Å². The Morgan fingerprint density at radius 3 is 0.778 bits per heavy atom. The summed E-state index contributed by atoms with van der Waals surface area (Å²) in [6, 6.07) is 0. The molecule has 0 rings (SSSR count). The number of ether oxygens (including phenoxy) is 3. The van der Waals surface area contributed by atoms with Gasteiger partial charge in [0.2, 0.25) is 0 Å². The molecule has 0 fully saturated rings. The summed E-state index contributed by atoms with van der Waals surface area (Å²) in [6.45, 7) is 9.05. The van der Waals surface area contributed by atoms with E-state index in [1.807, 2.05) is 0 Å². The molecule has 0 aliphatic rings. The van der Waals surface area contributed by atoms with Crippen LogP contribution in [0.25, 0.3) is 0 Å². The molecular formula is C57H110O6. The lowest BCUT2D eigenvalue weighted by Crippen LogP contribution is -2.30. The van der Waals surface area contributed by atoms with Crippen LogP contribution < -0.4 is 0 Å². The Kier molecular flexibility index (Phi) is 50.1. The highest BCUT2D eigenvalue weighted by Crippen LogP contribution is 2.18. The lowest BCUT2D eigenvalue weighted by atomic mass is 10.0. The second-order valence-electron chi connectivity index (χ2n) is 20.1. The fourth-order valence-electron chi connectivity index (χ4n) is 8.75. The number of unbranched alkanes of at least 4 members (excludes halogenated alkanes) is 39. The van der Waals surface area contributed by atoms with E-state index >= 15 is 0 Å². The van der Waals surface area contributed by atoms with Crippen LogP contribution in [0, 0.1) is 5.92 Å². The molecule has 0 aliphatic heterocycles. The van der Waals surface area contributed by atoms with Crippen molar-refractivity contribution in [2.75, 3.05) is 13.2 Å². The van der Waals surface area contributed by atoms with Crippen molar-refractivity contribution in [3.63, 3.8) is 0 Å². The van der Waals surface area contributed by atoms with Crippen molar-refractivity contribution in [3.8, 4) is 0 Å². The molecule has 0 saturated carbocycles. The molecule has 1 atom stereocenters. The maximum Gasteiger partial charge on any atom is 0.306 e. The van der Waals surface area contributed by atoms with Gasteiger partial charge >= 0.3 is 17.9 Å². The molecule has 374 valence electrons. The zero-order valence-electron chi connectivity index (χ0n) is 43.0. The SMILES string of the molecule is CCCCCCCCCCCCCCCCCCCCC(=O)O[C@H](COC(=O)CCCCCCCCCCCCC)COC(=O)CCCCCCCCCCCCCCCC(C)C. The zero-order chi connectivity index (χ0) is 45.9. The summed E-state index contributed by atoms with van der Waals surface area (Å²) in [5.74, 6) is 0.00184. The molecule has 0 unspecified atom stereocenters. The Morgan fingerprint density at radius 1 is 0.302 bits per heavy atom. The summed E-state index contributed by atoms with van der Waals surface area (Å²) >= 11 is 0. The van der Waals surface area contributed by atoms with E-state index in [1.54, 1.807) is 0 Å². The molecule has 0 heterocycles. The van der Waals surface area contributed by atoms with E-state index in [0.29, 0.717) is 19.3 Å². The highest BCUT2D eigenvalue weighted by molar-refractivity contribution is 5.71. The minimum atomic E-state index is -0.761. The van der Waals surface area contributed by atoms with Crippen molar-refractivity contribution < 1.29 is 28.6 Å². The van der Waals surface area contributed by atoms with Gasteiger partial charge in [0.05, 0.1) is 0 Å². The van der Waals surface area contributed by atoms with Gasteiger partial charge in [-0.05, 0) is 25.2 Å². The van der Waals surface area contributed by atoms with Gasteiger partial charge in [-0.1, -0.05) is 285 Å². The van der Waals surface area contributed by atoms with Crippen LogP contribution in [0.2, 0.25) is 0 Å². The molecule has 0 amide bonds. The normalized spacial score (nSPS) is 12.0. The lowest BCUT2D eigenvalue weighted by molar-refractivity contribution is -0.167. The molecule has 0 bridgehead atoms. The van der Waals surface area contributed by atoms with Gasteiger partial charge in [-0.2, -0.15) is 0 Å². The van der Waals surface area contributed by atoms with Crippen LogP contribution in [0.15, 0.2) is 0 Å². The number of hydrogen-bond acceptors (Lipinski definition) is 6. The average Bonchev–Trinajstić information content (AvgIpc) is 3.27. The molecule has 0 aromatic carbocycles. The molecule has 0 spiro atoms. The summed E-state index contributed by atoms with van der Waals surface area (Å²) in [6.07, 6.45) is 55.2. The number of hydrogen-bond donors (Lipinski definition) is 0. The molecule has 0 radical (unpaired) electrons. The topological polar surface area (TPSA) is 78.9 Å². The fourth-order valence-corrected chi connectivity index (χ4v) is 8.75. The van der Waals surface area contributed by atoms with E-state index in [9.17, 15) is 14.4 Å². The minimum absolute atomic E-state index is 0.0621. The summed E-state index contributed by atoms with van der Waals surface area (Å²) in [5, 5.41) is 0. The number of carbonyl (C=O) groups is 3. The second-order valence-corrected chi connectivity index (χ2v) is 20.1. The van der Waals surface area contributed by atoms with Gasteiger partial charge in [0, 0.05) is 19.3 Å². The molecule has 0 aromatic rings. The van der Waals surface area contributed by atoms with E-state index in [-0.39, 0.29) is 31.1 Å². The monoisotopic (exact) mass is 891 g/mol. The quantitative estimate of drug-likeness (QED) is 0.0344. The Morgan fingerprint density at radius 2 is 0.524 bits per heavy atom. The molecule has 6 heteroatoms. The van der Waals surface area contributed by atoms with E-state index in [1.165, 1.54) is 218 Å². The first-order valence-corrected chi connectivity index (χ1v) is 28.4. The van der Waals surface area contributed by atoms with Crippen LogP contribution in [-0.2, 0) is 28.6 Å². The lowest BCUT2D eigenvalue weighted by Gasteiger charge is -2.18. The minimum Gasteiger partial charge on any atom is -0.462 e. The first-order chi connectivity index (χ1) is 30.9. The van der Waals surface area contributed by atoms with Gasteiger partial charge in [-0.15, -0.1) is 0 Å². The maximum absolute atomic E-state index is 12.8. The van der Waals surface area contributed by atoms with Crippen LogP contribution in [0.4, 0.5) is 0 Å². The third-order valence-corrected chi connectivity index (χ3v) is 13.0. The average molecular weight is 892 g/mol. The summed E-state index contributed by atoms with van der Waals surface area (Å²) < 4.78 is 16.9. The molecule has 63 heavy (non-hydrogen) atoms. The number of carbonyl (C=O) groups excluding carboxylic acids is 3. The first-order valence-electron chi connectivity index (χ1n) is 28.4. The summed E-state index contributed by atoms with van der Waals surface area (Å²) in [4.78, 5) is 38.1. The van der Waals surface area contributed by atoms with Crippen LogP contribution in [-0.4, -0.2) is 37.2 Å². The van der Waals surface area contributed by atoms with Gasteiger partial charge < -0.3 is 14.2 Å². The van der Waals surface area contributed by atoms with E-state index < -0.39 is 6.10 Å². The third kappa shape index (κ3) is 51.3. The fraction of sp³-hybridized carbons (Fsp3) is 0.947. The first kappa shape index (κ1) is 61.4. The Hall–Kier alpha value is -1.59. The van der Waals surface area contributed by atoms with Gasteiger partial charge in [0.1, 0.15) is 13.2 Å². The third-order valence-electron chi connectivity index (χ3n) is 13.0. The highest BCUT2D eigenvalue weighted by Gasteiger charge is 2.19. The van der Waals surface area contributed by atoms with Gasteiger partial charge in [-0.25, -0.2) is 0 Å². The zero-order valence-corrected chi connectivity index (χ0v) is 43.0. The van der Waals surface area contributed by atoms with Gasteiger partial charge in [0.25, 0.3) is 0 Å². The second kappa shape index (κ2) is 51.4. The van der Waals surface area contributed by atoms with Crippen LogP contribution >= 0.6 is 0 Å². The molecule has 0 N–H and O–H groups in total. The predicted octanol–water partition coefficient (Wildman–Crippen LogP) is 18.6. The molecule has 0 saturated heterocycles. The molecular weight excluding hydrogens is 781 g/mol. The summed E-state index contributed by atoms with van der Waals surface area (Å²) in [5.41, 5.74) is 0. The number of rotatable bonds is 52. The van der Waals surface area contributed by atoms with Crippen molar-refractivity contribution in [3.05, 3.63) is 0 Å². The van der Waals surface area contributed by atoms with Crippen molar-refractivity contribution in [2.24, 2.45) is 5.92 Å². The Balaban J connectivity index is 4.26. The van der Waals surface area contributed by atoms with E-state index in [2.05, 4.69) is 27.7 Å². The van der Waals surface area contributed by atoms with Crippen molar-refractivity contribution >= 4 is 17.9 Å². The largest absolute Gasteiger partial charge is 0.462 e. The van der Waals surface area contributed by atoms with E-state index in [4.69, 9.17) is 14.2 Å². The molecule has 6 nitrogen and oxygen atoms in total. The smallest absolute Gasteiger partial charge is 0.306 e. The van der Waals surface area contributed by atoms with Crippen LogP contribution in [0.1, 0.15) is 323 Å². The number of esters is 3. The Labute approximate surface area is 393 Å². The Bertz CT molecular complexity index is 949. The van der Waals surface area contributed by atoms with Crippen molar-refractivity contribution in [1.82, 2.24) is 0 Å². The summed E-state index contributed by atoms with van der Waals surface area (Å²) in [7, 11) is 0. The molecule has 0 aromatic heterocycles. The maximum atomic E-state index is 12.8. The standard InChI is InChI=1S/C57H110O6/c1-5-7-9-11-13-15-17-18-19-20-21-22-25-30-34-38-42-46-50-57(60)63-54(51-61-55(58)48-44-40-36-32-27-16-14-12-10-8-6-2)52-62-56(59)49-45-41-37-33-29-26-23-24-28-31-35-39-43-47-53(3)4/h53-54H,5-52H2,1-4H3/t54-/m1/s1. The van der Waals surface area contributed by atoms with Crippen molar-refractivity contribution in [2.45, 2.75) is 329 Å². The molecule has 0 aliphatic carbocycles. The van der Waals surface area contributed by atoms with Crippen molar-refractivity contribution in [1.29, 1.82) is 0 Å². The highest BCUT2D eigenvalue weighted by atomic mass is 16.6.